The molecule has 110 valence electrons. The van der Waals surface area contributed by atoms with Crippen molar-refractivity contribution >= 4 is 27.3 Å². The van der Waals surface area contributed by atoms with Crippen LogP contribution in [0.1, 0.15) is 18.4 Å². The molecule has 0 N–H and O–H groups in total. The zero-order valence-electron chi connectivity index (χ0n) is 11.5. The number of nitro groups is 1. The molecule has 0 aliphatic heterocycles. The van der Waals surface area contributed by atoms with Crippen LogP contribution in [0.3, 0.4) is 0 Å². The van der Waals surface area contributed by atoms with Crippen molar-refractivity contribution in [2.75, 3.05) is 31.7 Å². The summed E-state index contributed by atoms with van der Waals surface area (Å²) >= 11 is 3.32. The highest BCUT2D eigenvalue weighted by atomic mass is 79.9. The largest absolute Gasteiger partial charge is 0.379 e. The number of hydrogen-bond donors (Lipinski definition) is 0. The van der Waals surface area contributed by atoms with Gasteiger partial charge in [0.15, 0.2) is 0 Å². The molecule has 0 atom stereocenters. The number of halogens is 1. The van der Waals surface area contributed by atoms with Crippen LogP contribution in [0.25, 0.3) is 0 Å². The first-order valence-corrected chi connectivity index (χ1v) is 7.86. The fourth-order valence-corrected chi connectivity index (χ4v) is 2.33. The lowest BCUT2D eigenvalue weighted by atomic mass is 10.2. The Morgan fingerprint density at radius 2 is 2.25 bits per heavy atom. The number of anilines is 1. The topological polar surface area (TPSA) is 55.6 Å². The maximum absolute atomic E-state index is 11.2. The van der Waals surface area contributed by atoms with Gasteiger partial charge in [0.05, 0.1) is 11.5 Å². The first kappa shape index (κ1) is 15.3. The Hall–Kier alpha value is -1.14. The molecule has 0 aromatic heterocycles. The van der Waals surface area contributed by atoms with Crippen molar-refractivity contribution in [1.82, 2.24) is 0 Å². The van der Waals surface area contributed by atoms with Crippen molar-refractivity contribution in [1.29, 1.82) is 0 Å². The van der Waals surface area contributed by atoms with Crippen molar-refractivity contribution in [3.05, 3.63) is 33.9 Å². The monoisotopic (exact) mass is 342 g/mol. The molecule has 1 aliphatic carbocycles. The predicted molar refractivity (Wildman–Crippen MR) is 82.5 cm³/mol. The van der Waals surface area contributed by atoms with Crippen LogP contribution in [0.4, 0.5) is 11.4 Å². The Morgan fingerprint density at radius 3 is 2.85 bits per heavy atom. The molecule has 5 nitrogen and oxygen atoms in total. The molecule has 0 heterocycles. The summed E-state index contributed by atoms with van der Waals surface area (Å²) in [7, 11) is 1.86. The van der Waals surface area contributed by atoms with Gasteiger partial charge >= 0.3 is 0 Å². The summed E-state index contributed by atoms with van der Waals surface area (Å²) in [4.78, 5) is 12.7. The third-order valence-corrected chi connectivity index (χ3v) is 4.07. The highest BCUT2D eigenvalue weighted by Gasteiger charge is 2.21. The highest BCUT2D eigenvalue weighted by Crippen LogP contribution is 2.30. The molecule has 1 saturated carbocycles. The van der Waals surface area contributed by atoms with E-state index in [9.17, 15) is 10.1 Å². The SMILES string of the molecule is CN(CCOCC1CC1)c1ccc(CBr)cc1[N+](=O)[O-]. The third kappa shape index (κ3) is 4.18. The molecular weight excluding hydrogens is 324 g/mol. The van der Waals surface area contributed by atoms with Gasteiger partial charge in [-0.15, -0.1) is 0 Å². The van der Waals surface area contributed by atoms with Gasteiger partial charge in [0, 0.05) is 31.6 Å². The number of hydrogen-bond acceptors (Lipinski definition) is 4. The Balaban J connectivity index is 1.95. The van der Waals surface area contributed by atoms with E-state index in [4.69, 9.17) is 4.74 Å². The predicted octanol–water partition coefficient (Wildman–Crippen LogP) is 3.35. The van der Waals surface area contributed by atoms with E-state index in [1.807, 2.05) is 18.0 Å². The Bertz CT molecular complexity index is 477. The van der Waals surface area contributed by atoms with Gasteiger partial charge in [-0.1, -0.05) is 22.0 Å². The lowest BCUT2D eigenvalue weighted by molar-refractivity contribution is -0.384. The minimum Gasteiger partial charge on any atom is -0.379 e. The number of benzene rings is 1. The van der Waals surface area contributed by atoms with Crippen LogP contribution in [0.5, 0.6) is 0 Å². The lowest BCUT2D eigenvalue weighted by Gasteiger charge is -2.19. The van der Waals surface area contributed by atoms with Crippen LogP contribution in [-0.4, -0.2) is 31.7 Å². The van der Waals surface area contributed by atoms with E-state index in [1.54, 1.807) is 12.1 Å². The smallest absolute Gasteiger partial charge is 0.292 e. The van der Waals surface area contributed by atoms with Gasteiger partial charge in [-0.05, 0) is 30.4 Å². The Kier molecular flexibility index (Phi) is 5.37. The molecule has 1 fully saturated rings. The van der Waals surface area contributed by atoms with Crippen LogP contribution < -0.4 is 4.90 Å². The Labute approximate surface area is 127 Å². The molecule has 1 aliphatic rings. The highest BCUT2D eigenvalue weighted by molar-refractivity contribution is 9.08. The van der Waals surface area contributed by atoms with Gasteiger partial charge in [-0.25, -0.2) is 0 Å². The normalized spacial score (nSPS) is 14.3. The van der Waals surface area contributed by atoms with Crippen molar-refractivity contribution < 1.29 is 9.66 Å². The van der Waals surface area contributed by atoms with Crippen molar-refractivity contribution in [2.45, 2.75) is 18.2 Å². The van der Waals surface area contributed by atoms with Crippen molar-refractivity contribution in [2.24, 2.45) is 5.92 Å². The summed E-state index contributed by atoms with van der Waals surface area (Å²) in [5.74, 6) is 0.743. The summed E-state index contributed by atoms with van der Waals surface area (Å²) < 4.78 is 5.58. The number of nitro benzene ring substituents is 1. The second-order valence-electron chi connectivity index (χ2n) is 5.15. The second-order valence-corrected chi connectivity index (χ2v) is 5.71. The van der Waals surface area contributed by atoms with Crippen LogP contribution in [0.2, 0.25) is 0 Å². The standard InChI is InChI=1S/C14H19BrN2O3/c1-16(6-7-20-10-11-2-3-11)13-5-4-12(9-15)8-14(13)17(18)19/h4-5,8,11H,2-3,6-7,9-10H2,1H3. The number of likely N-dealkylation sites (N-methyl/N-ethyl adjacent to an activating group) is 1. The maximum Gasteiger partial charge on any atom is 0.292 e. The van der Waals surface area contributed by atoms with Crippen LogP contribution >= 0.6 is 15.9 Å². The zero-order chi connectivity index (χ0) is 14.5. The molecule has 1 aromatic rings. The van der Waals surface area contributed by atoms with E-state index < -0.39 is 0 Å². The maximum atomic E-state index is 11.2. The van der Waals surface area contributed by atoms with E-state index in [-0.39, 0.29) is 10.6 Å². The fourth-order valence-electron chi connectivity index (χ4n) is 1.98. The first-order chi connectivity index (χ1) is 9.61. The molecule has 0 radical (unpaired) electrons. The minimum absolute atomic E-state index is 0.145. The van der Waals surface area contributed by atoms with Crippen LogP contribution in [0.15, 0.2) is 18.2 Å². The minimum atomic E-state index is -0.330. The molecule has 0 unspecified atom stereocenters. The van der Waals surface area contributed by atoms with Crippen molar-refractivity contribution in [3.8, 4) is 0 Å². The molecule has 0 amide bonds. The van der Waals surface area contributed by atoms with E-state index in [0.717, 1.165) is 18.1 Å². The quantitative estimate of drug-likeness (QED) is 0.314. The number of ether oxygens (including phenoxy) is 1. The summed E-state index contributed by atoms with van der Waals surface area (Å²) in [5, 5.41) is 11.8. The summed E-state index contributed by atoms with van der Waals surface area (Å²) in [6, 6.07) is 5.32. The van der Waals surface area contributed by atoms with Gasteiger partial charge in [0.1, 0.15) is 5.69 Å². The van der Waals surface area contributed by atoms with Gasteiger partial charge < -0.3 is 9.64 Å². The first-order valence-electron chi connectivity index (χ1n) is 6.74. The molecule has 1 aromatic carbocycles. The average Bonchev–Trinajstić information content (AvgIpc) is 3.26. The molecule has 0 saturated heterocycles. The molecule has 20 heavy (non-hydrogen) atoms. The number of rotatable bonds is 8. The molecule has 0 spiro atoms. The van der Waals surface area contributed by atoms with Crippen LogP contribution in [-0.2, 0) is 10.1 Å². The summed E-state index contributed by atoms with van der Waals surface area (Å²) in [6.07, 6.45) is 2.55. The van der Waals surface area contributed by atoms with Gasteiger partial charge in [-0.2, -0.15) is 0 Å². The van der Waals surface area contributed by atoms with Gasteiger partial charge in [-0.3, -0.25) is 10.1 Å². The Morgan fingerprint density at radius 1 is 1.50 bits per heavy atom. The van der Waals surface area contributed by atoms with Gasteiger partial charge in [0.2, 0.25) is 0 Å². The van der Waals surface area contributed by atoms with Crippen LogP contribution in [0, 0.1) is 16.0 Å². The summed E-state index contributed by atoms with van der Waals surface area (Å²) in [5.41, 5.74) is 1.68. The van der Waals surface area contributed by atoms with E-state index in [1.165, 1.54) is 12.8 Å². The number of alkyl halides is 1. The second kappa shape index (κ2) is 7.04. The van der Waals surface area contributed by atoms with E-state index in [0.29, 0.717) is 24.2 Å². The van der Waals surface area contributed by atoms with Crippen molar-refractivity contribution in [3.63, 3.8) is 0 Å². The fraction of sp³-hybridized carbons (Fsp3) is 0.571. The molecule has 2 rings (SSSR count). The number of nitrogens with zero attached hydrogens (tertiary/aromatic N) is 2. The third-order valence-electron chi connectivity index (χ3n) is 3.42. The zero-order valence-corrected chi connectivity index (χ0v) is 13.1. The van der Waals surface area contributed by atoms with E-state index >= 15 is 0 Å². The van der Waals surface area contributed by atoms with Gasteiger partial charge in [0.25, 0.3) is 5.69 Å². The molecule has 0 bridgehead atoms. The molecular formula is C14H19BrN2O3. The summed E-state index contributed by atoms with van der Waals surface area (Å²) in [6.45, 7) is 2.07. The lowest BCUT2D eigenvalue weighted by Crippen LogP contribution is -2.23. The van der Waals surface area contributed by atoms with E-state index in [2.05, 4.69) is 15.9 Å². The molecule has 6 heteroatoms. The average molecular weight is 343 g/mol.